The Kier molecular flexibility index (Phi) is 4.02. The van der Waals surface area contributed by atoms with Gasteiger partial charge >= 0.3 is 5.97 Å². The van der Waals surface area contributed by atoms with Crippen LogP contribution in [0.1, 0.15) is 6.92 Å². The largest absolute Gasteiger partial charge is 0.428 e. The Bertz CT molecular complexity index is 384. The zero-order chi connectivity index (χ0) is 12.0. The van der Waals surface area contributed by atoms with Crippen LogP contribution in [-0.4, -0.2) is 18.9 Å². The molecule has 16 heavy (non-hydrogen) atoms. The van der Waals surface area contributed by atoms with Gasteiger partial charge in [-0.2, -0.15) is 0 Å². The first-order valence-electron chi connectivity index (χ1n) is 4.20. The zero-order valence-electron chi connectivity index (χ0n) is 8.34. The van der Waals surface area contributed by atoms with E-state index in [-0.39, 0.29) is 30.2 Å². The second-order valence-electron chi connectivity index (χ2n) is 2.66. The smallest absolute Gasteiger partial charge is 0.308 e. The highest BCUT2D eigenvalue weighted by Gasteiger charge is 2.06. The third-order valence-corrected chi connectivity index (χ3v) is 1.48. The van der Waals surface area contributed by atoms with Crippen LogP contribution in [0.15, 0.2) is 18.2 Å². The van der Waals surface area contributed by atoms with Crippen LogP contribution in [0, 0.1) is 0 Å². The lowest BCUT2D eigenvalue weighted by atomic mass is 10.3. The fourth-order valence-corrected chi connectivity index (χ4v) is 1.02. The molecule has 0 radical (unpaired) electrons. The predicted molar refractivity (Wildman–Crippen MR) is 51.1 cm³/mol. The quantitative estimate of drug-likeness (QED) is 0.415. The average molecular weight is 224 g/mol. The second kappa shape index (κ2) is 5.50. The van der Waals surface area contributed by atoms with E-state index in [4.69, 9.17) is 4.74 Å². The van der Waals surface area contributed by atoms with Gasteiger partial charge in [-0.3, -0.25) is 14.4 Å². The van der Waals surface area contributed by atoms with E-state index in [1.807, 2.05) is 0 Å². The van der Waals surface area contributed by atoms with Crippen molar-refractivity contribution in [3.8, 4) is 17.2 Å². The Balaban J connectivity index is 3.01. The summed E-state index contributed by atoms with van der Waals surface area (Å²) in [5.74, 6) is -0.222. The lowest BCUT2D eigenvalue weighted by Gasteiger charge is -2.06. The van der Waals surface area contributed by atoms with Crippen molar-refractivity contribution in [3.05, 3.63) is 18.2 Å². The van der Waals surface area contributed by atoms with Gasteiger partial charge < -0.3 is 14.2 Å². The summed E-state index contributed by atoms with van der Waals surface area (Å²) in [6.45, 7) is 1.63. The van der Waals surface area contributed by atoms with E-state index in [1.165, 1.54) is 25.1 Å². The van der Waals surface area contributed by atoms with E-state index < -0.39 is 5.97 Å². The summed E-state index contributed by atoms with van der Waals surface area (Å²) in [7, 11) is 0. The summed E-state index contributed by atoms with van der Waals surface area (Å²) in [5.41, 5.74) is 0. The van der Waals surface area contributed by atoms with Crippen molar-refractivity contribution in [1.82, 2.24) is 0 Å². The average Bonchev–Trinajstić information content (AvgIpc) is 2.17. The Hall–Kier alpha value is -2.37. The maximum Gasteiger partial charge on any atom is 0.308 e. The van der Waals surface area contributed by atoms with Gasteiger partial charge in [0.1, 0.15) is 17.2 Å². The molecular weight excluding hydrogens is 216 g/mol. The van der Waals surface area contributed by atoms with Gasteiger partial charge in [0, 0.05) is 25.1 Å². The molecule has 0 aliphatic carbocycles. The molecule has 0 N–H and O–H groups in total. The van der Waals surface area contributed by atoms with Gasteiger partial charge in [-0.1, -0.05) is 0 Å². The fourth-order valence-electron chi connectivity index (χ4n) is 1.02. The molecule has 0 saturated heterocycles. The van der Waals surface area contributed by atoms with Gasteiger partial charge in [-0.05, 0) is 0 Å². The van der Waals surface area contributed by atoms with Crippen LogP contribution in [-0.2, 0) is 14.4 Å². The number of carbonyl (C=O) groups is 3. The topological polar surface area (TPSA) is 78.9 Å². The molecule has 6 nitrogen and oxygen atoms in total. The summed E-state index contributed by atoms with van der Waals surface area (Å²) in [6, 6.07) is 3.93. The van der Waals surface area contributed by atoms with E-state index in [9.17, 15) is 14.4 Å². The Morgan fingerprint density at radius 1 is 1.00 bits per heavy atom. The summed E-state index contributed by atoms with van der Waals surface area (Å²) in [5, 5.41) is 0. The minimum atomic E-state index is -0.541. The van der Waals surface area contributed by atoms with Crippen molar-refractivity contribution >= 4 is 18.9 Å². The second-order valence-corrected chi connectivity index (χ2v) is 2.66. The van der Waals surface area contributed by atoms with E-state index in [0.717, 1.165) is 0 Å². The van der Waals surface area contributed by atoms with Crippen molar-refractivity contribution in [2.45, 2.75) is 6.92 Å². The molecule has 84 valence electrons. The molecule has 0 aromatic heterocycles. The zero-order valence-corrected chi connectivity index (χ0v) is 8.34. The van der Waals surface area contributed by atoms with Crippen molar-refractivity contribution in [3.63, 3.8) is 0 Å². The van der Waals surface area contributed by atoms with E-state index >= 15 is 0 Å². The molecule has 1 aromatic rings. The number of benzene rings is 1. The van der Waals surface area contributed by atoms with Crippen LogP contribution < -0.4 is 14.2 Å². The van der Waals surface area contributed by atoms with E-state index in [1.54, 1.807) is 0 Å². The molecule has 0 bridgehead atoms. The SMILES string of the molecule is CC(=O)Oc1cc(OC=O)cc(OC=O)c1. The highest BCUT2D eigenvalue weighted by atomic mass is 16.5. The standard InChI is InChI=1S/C10H8O6/c1-7(13)16-10-3-8(14-5-11)2-9(4-10)15-6-12/h2-6H,1H3. The number of ether oxygens (including phenoxy) is 3. The van der Waals surface area contributed by atoms with Crippen LogP contribution in [0.5, 0.6) is 17.2 Å². The molecule has 0 heterocycles. The van der Waals surface area contributed by atoms with Gasteiger partial charge in [0.2, 0.25) is 0 Å². The summed E-state index contributed by atoms with van der Waals surface area (Å²) in [6.07, 6.45) is 0. The minimum absolute atomic E-state index is 0.102. The molecule has 0 spiro atoms. The molecule has 0 unspecified atom stereocenters. The summed E-state index contributed by atoms with van der Waals surface area (Å²) in [4.78, 5) is 31.0. The van der Waals surface area contributed by atoms with Crippen molar-refractivity contribution in [2.75, 3.05) is 0 Å². The highest BCUT2D eigenvalue weighted by Crippen LogP contribution is 2.27. The van der Waals surface area contributed by atoms with Crippen molar-refractivity contribution in [1.29, 1.82) is 0 Å². The van der Waals surface area contributed by atoms with Gasteiger partial charge in [0.15, 0.2) is 0 Å². The fraction of sp³-hybridized carbons (Fsp3) is 0.100. The number of hydrogen-bond acceptors (Lipinski definition) is 6. The first-order valence-corrected chi connectivity index (χ1v) is 4.20. The molecule has 0 aliphatic heterocycles. The van der Waals surface area contributed by atoms with Crippen molar-refractivity contribution < 1.29 is 28.6 Å². The number of hydrogen-bond donors (Lipinski definition) is 0. The van der Waals surface area contributed by atoms with Crippen LogP contribution in [0.2, 0.25) is 0 Å². The Morgan fingerprint density at radius 3 is 1.81 bits per heavy atom. The third kappa shape index (κ3) is 3.41. The normalized spacial score (nSPS) is 9.06. The molecule has 1 aromatic carbocycles. The van der Waals surface area contributed by atoms with Crippen LogP contribution in [0.4, 0.5) is 0 Å². The molecule has 0 fully saturated rings. The van der Waals surface area contributed by atoms with E-state index in [2.05, 4.69) is 9.47 Å². The minimum Gasteiger partial charge on any atom is -0.428 e. The predicted octanol–water partition coefficient (Wildman–Crippen LogP) is 0.682. The summed E-state index contributed by atoms with van der Waals surface area (Å²) >= 11 is 0. The monoisotopic (exact) mass is 224 g/mol. The van der Waals surface area contributed by atoms with Crippen LogP contribution >= 0.6 is 0 Å². The third-order valence-electron chi connectivity index (χ3n) is 1.48. The molecule has 0 saturated carbocycles. The molecule has 1 rings (SSSR count). The van der Waals surface area contributed by atoms with Crippen molar-refractivity contribution in [2.24, 2.45) is 0 Å². The summed E-state index contributed by atoms with van der Waals surface area (Å²) < 4.78 is 13.9. The number of rotatable bonds is 5. The van der Waals surface area contributed by atoms with Gasteiger partial charge in [-0.25, -0.2) is 0 Å². The van der Waals surface area contributed by atoms with Crippen LogP contribution in [0.25, 0.3) is 0 Å². The lowest BCUT2D eigenvalue weighted by molar-refractivity contribution is -0.131. The van der Waals surface area contributed by atoms with E-state index in [0.29, 0.717) is 0 Å². The number of carbonyl (C=O) groups excluding carboxylic acids is 3. The Morgan fingerprint density at radius 2 is 1.44 bits per heavy atom. The molecular formula is C10H8O6. The van der Waals surface area contributed by atoms with Gasteiger partial charge in [0.05, 0.1) is 0 Å². The number of esters is 1. The molecule has 0 atom stereocenters. The highest BCUT2D eigenvalue weighted by molar-refractivity contribution is 5.70. The first-order chi connectivity index (χ1) is 7.65. The van der Waals surface area contributed by atoms with Gasteiger partial charge in [0.25, 0.3) is 12.9 Å². The molecule has 0 aliphatic rings. The first kappa shape index (κ1) is 11.7. The molecule has 0 amide bonds. The maximum atomic E-state index is 10.7. The van der Waals surface area contributed by atoms with Crippen LogP contribution in [0.3, 0.4) is 0 Å². The molecule has 6 heteroatoms. The lowest BCUT2D eigenvalue weighted by Crippen LogP contribution is -2.02. The maximum absolute atomic E-state index is 10.7. The Labute approximate surface area is 90.7 Å². The van der Waals surface area contributed by atoms with Gasteiger partial charge in [-0.15, -0.1) is 0 Å².